The van der Waals surface area contributed by atoms with E-state index in [4.69, 9.17) is 4.74 Å². The molecule has 0 radical (unpaired) electrons. The first-order valence-electron chi connectivity index (χ1n) is 7.38. The summed E-state index contributed by atoms with van der Waals surface area (Å²) in [5.41, 5.74) is 0.887. The molecule has 22 heavy (non-hydrogen) atoms. The van der Waals surface area contributed by atoms with Crippen LogP contribution in [-0.4, -0.2) is 35.7 Å². The lowest BCUT2D eigenvalue weighted by molar-refractivity contribution is -0.113. The lowest BCUT2D eigenvalue weighted by atomic mass is 10.2. The summed E-state index contributed by atoms with van der Waals surface area (Å²) in [6.45, 7) is 6.08. The van der Waals surface area contributed by atoms with E-state index >= 15 is 0 Å². The van der Waals surface area contributed by atoms with Gasteiger partial charge in [-0.25, -0.2) is 0 Å². The fourth-order valence-electron chi connectivity index (χ4n) is 2.46. The zero-order valence-corrected chi connectivity index (χ0v) is 13.1. The van der Waals surface area contributed by atoms with E-state index in [9.17, 15) is 4.79 Å². The summed E-state index contributed by atoms with van der Waals surface area (Å²) in [5, 5.41) is 0.832. The van der Waals surface area contributed by atoms with Crippen molar-refractivity contribution in [2.45, 2.75) is 12.8 Å². The number of amides is 1. The van der Waals surface area contributed by atoms with Gasteiger partial charge >= 0.3 is 0 Å². The number of rotatable bonds is 4. The third-order valence-electron chi connectivity index (χ3n) is 3.55. The lowest BCUT2D eigenvalue weighted by Crippen LogP contribution is -2.23. The molecule has 1 aromatic carbocycles. The van der Waals surface area contributed by atoms with Gasteiger partial charge in [-0.3, -0.25) is 4.79 Å². The second-order valence-corrected chi connectivity index (χ2v) is 6.15. The Morgan fingerprint density at radius 1 is 1.32 bits per heavy atom. The maximum absolute atomic E-state index is 12.1. The van der Waals surface area contributed by atoms with Crippen molar-refractivity contribution in [1.82, 2.24) is 4.90 Å². The van der Waals surface area contributed by atoms with Gasteiger partial charge in [0.15, 0.2) is 5.17 Å². The van der Waals surface area contributed by atoms with Crippen molar-refractivity contribution in [3.8, 4) is 5.75 Å². The Kier molecular flexibility index (Phi) is 4.63. The highest BCUT2D eigenvalue weighted by molar-refractivity contribution is 8.18. The Morgan fingerprint density at radius 2 is 2.09 bits per heavy atom. The molecule has 2 aliphatic heterocycles. The molecule has 0 atom stereocenters. The molecule has 114 valence electrons. The van der Waals surface area contributed by atoms with Crippen LogP contribution in [0.3, 0.4) is 0 Å². The molecule has 0 bridgehead atoms. The van der Waals surface area contributed by atoms with E-state index in [1.165, 1.54) is 24.6 Å². The minimum atomic E-state index is -0.162. The number of nitrogens with zero attached hydrogens (tertiary/aromatic N) is 2. The van der Waals surface area contributed by atoms with Crippen molar-refractivity contribution in [1.29, 1.82) is 0 Å². The van der Waals surface area contributed by atoms with Crippen LogP contribution in [0.1, 0.15) is 18.4 Å². The summed E-state index contributed by atoms with van der Waals surface area (Å²) >= 11 is 1.46. The zero-order valence-electron chi connectivity index (χ0n) is 12.3. The quantitative estimate of drug-likeness (QED) is 0.631. The van der Waals surface area contributed by atoms with Gasteiger partial charge in [-0.1, -0.05) is 30.9 Å². The number of amidine groups is 1. The molecule has 0 N–H and O–H groups in total. The first-order valence-corrected chi connectivity index (χ1v) is 8.20. The number of aliphatic imine (C=N–C) groups is 1. The van der Waals surface area contributed by atoms with Gasteiger partial charge in [-0.2, -0.15) is 4.99 Å². The number of carbonyl (C=O) groups excluding carboxylic acids is 1. The number of benzene rings is 1. The van der Waals surface area contributed by atoms with Gasteiger partial charge in [0, 0.05) is 18.7 Å². The van der Waals surface area contributed by atoms with Crippen molar-refractivity contribution < 1.29 is 9.53 Å². The number of ether oxygens (including phenoxy) is 1. The van der Waals surface area contributed by atoms with Gasteiger partial charge in [0.05, 0.1) is 4.91 Å². The van der Waals surface area contributed by atoms with Crippen LogP contribution >= 0.6 is 11.8 Å². The maximum Gasteiger partial charge on any atom is 0.286 e. The van der Waals surface area contributed by atoms with Crippen LogP contribution in [0.5, 0.6) is 5.75 Å². The first-order chi connectivity index (χ1) is 10.8. The Labute approximate surface area is 134 Å². The van der Waals surface area contributed by atoms with Crippen LogP contribution in [0, 0.1) is 0 Å². The van der Waals surface area contributed by atoms with Crippen LogP contribution in [0.15, 0.2) is 46.8 Å². The van der Waals surface area contributed by atoms with Crippen molar-refractivity contribution in [3.05, 3.63) is 47.4 Å². The predicted molar refractivity (Wildman–Crippen MR) is 91.0 cm³/mol. The third kappa shape index (κ3) is 3.25. The Morgan fingerprint density at radius 3 is 2.86 bits per heavy atom. The first kappa shape index (κ1) is 14.9. The Bertz CT molecular complexity index is 646. The van der Waals surface area contributed by atoms with E-state index in [1.807, 2.05) is 30.3 Å². The van der Waals surface area contributed by atoms with Crippen LogP contribution in [-0.2, 0) is 4.79 Å². The molecule has 3 rings (SSSR count). The van der Waals surface area contributed by atoms with Gasteiger partial charge < -0.3 is 9.64 Å². The number of hydrogen-bond acceptors (Lipinski definition) is 4. The minimum Gasteiger partial charge on any atom is -0.489 e. The van der Waals surface area contributed by atoms with Gasteiger partial charge in [0.1, 0.15) is 12.4 Å². The highest BCUT2D eigenvalue weighted by Gasteiger charge is 2.27. The maximum atomic E-state index is 12.1. The molecule has 0 saturated carbocycles. The SMILES string of the molecule is C=CCOc1ccccc1/C=C1/SC(N2CCCC2)=NC1=O. The number of carbonyl (C=O) groups is 1. The molecule has 4 nitrogen and oxygen atoms in total. The summed E-state index contributed by atoms with van der Waals surface area (Å²) in [6, 6.07) is 7.67. The number of likely N-dealkylation sites (tertiary alicyclic amines) is 1. The van der Waals surface area contributed by atoms with E-state index in [0.717, 1.165) is 29.6 Å². The summed E-state index contributed by atoms with van der Waals surface area (Å²) in [4.78, 5) is 19.1. The van der Waals surface area contributed by atoms with Crippen LogP contribution < -0.4 is 4.74 Å². The van der Waals surface area contributed by atoms with Crippen molar-refractivity contribution >= 4 is 28.9 Å². The zero-order chi connectivity index (χ0) is 15.4. The molecule has 0 spiro atoms. The lowest BCUT2D eigenvalue weighted by Gasteiger charge is -2.14. The molecule has 2 aliphatic rings. The minimum absolute atomic E-state index is 0.162. The number of hydrogen-bond donors (Lipinski definition) is 0. The average molecular weight is 314 g/mol. The number of para-hydroxylation sites is 1. The van der Waals surface area contributed by atoms with E-state index in [1.54, 1.807) is 6.08 Å². The van der Waals surface area contributed by atoms with Gasteiger partial charge in [0.25, 0.3) is 5.91 Å². The van der Waals surface area contributed by atoms with Gasteiger partial charge in [0.2, 0.25) is 0 Å². The van der Waals surface area contributed by atoms with Crippen LogP contribution in [0.2, 0.25) is 0 Å². The second-order valence-electron chi connectivity index (χ2n) is 5.14. The fourth-order valence-corrected chi connectivity index (χ4v) is 3.42. The van der Waals surface area contributed by atoms with Crippen LogP contribution in [0.4, 0.5) is 0 Å². The van der Waals surface area contributed by atoms with Crippen molar-refractivity contribution in [3.63, 3.8) is 0 Å². The van der Waals surface area contributed by atoms with E-state index in [-0.39, 0.29) is 5.91 Å². The van der Waals surface area contributed by atoms with E-state index in [2.05, 4.69) is 16.5 Å². The number of thioether (sulfide) groups is 1. The van der Waals surface area contributed by atoms with E-state index < -0.39 is 0 Å². The molecule has 0 unspecified atom stereocenters. The fraction of sp³-hybridized carbons (Fsp3) is 0.294. The van der Waals surface area contributed by atoms with Crippen molar-refractivity contribution in [2.24, 2.45) is 4.99 Å². The largest absolute Gasteiger partial charge is 0.489 e. The molecule has 1 aromatic rings. The molecule has 0 aliphatic carbocycles. The summed E-state index contributed by atoms with van der Waals surface area (Å²) < 4.78 is 5.63. The van der Waals surface area contributed by atoms with Crippen molar-refractivity contribution in [2.75, 3.05) is 19.7 Å². The molecule has 1 amide bonds. The third-order valence-corrected chi connectivity index (χ3v) is 4.59. The smallest absolute Gasteiger partial charge is 0.286 e. The highest BCUT2D eigenvalue weighted by atomic mass is 32.2. The molecular formula is C17H18N2O2S. The molecular weight excluding hydrogens is 296 g/mol. The molecule has 2 heterocycles. The Hall–Kier alpha value is -2.01. The average Bonchev–Trinajstić information content (AvgIpc) is 3.17. The predicted octanol–water partition coefficient (Wildman–Crippen LogP) is 3.32. The molecule has 1 saturated heterocycles. The summed E-state index contributed by atoms with van der Waals surface area (Å²) in [5.74, 6) is 0.586. The standard InChI is InChI=1S/C17H18N2O2S/c1-2-11-21-14-8-4-3-7-13(14)12-15-16(20)18-17(22-15)19-9-5-6-10-19/h2-4,7-8,12H,1,5-6,9-11H2/b15-12+. The topological polar surface area (TPSA) is 41.9 Å². The second kappa shape index (κ2) is 6.83. The monoisotopic (exact) mass is 314 g/mol. The normalized spacial score (nSPS) is 19.6. The summed E-state index contributed by atoms with van der Waals surface area (Å²) in [6.07, 6.45) is 5.90. The van der Waals surface area contributed by atoms with E-state index in [0.29, 0.717) is 11.5 Å². The van der Waals surface area contributed by atoms with Gasteiger partial charge in [-0.05, 0) is 36.7 Å². The van der Waals surface area contributed by atoms with Gasteiger partial charge in [-0.15, -0.1) is 0 Å². The summed E-state index contributed by atoms with van der Waals surface area (Å²) in [7, 11) is 0. The molecule has 0 aromatic heterocycles. The molecule has 5 heteroatoms. The molecule has 1 fully saturated rings. The van der Waals surface area contributed by atoms with Crippen LogP contribution in [0.25, 0.3) is 6.08 Å². The Balaban J connectivity index is 1.78. The highest BCUT2D eigenvalue weighted by Crippen LogP contribution is 2.33.